The van der Waals surface area contributed by atoms with Gasteiger partial charge in [0.05, 0.1) is 16.7 Å². The number of hydrogen-bond donors (Lipinski definition) is 0. The number of carbonyl (C=O) groups excluding carboxylic acids is 4. The maximum absolute atomic E-state index is 12.7. The quantitative estimate of drug-likeness (QED) is 0.372. The van der Waals surface area contributed by atoms with Gasteiger partial charge in [-0.25, -0.2) is 4.79 Å². The Bertz CT molecular complexity index is 1030. The Hall–Kier alpha value is -3.74. The molecule has 2 aromatic carbocycles. The second-order valence-corrected chi connectivity index (χ2v) is 7.45. The minimum absolute atomic E-state index is 0.0779. The Morgan fingerprint density at radius 1 is 1.06 bits per heavy atom. The van der Waals surface area contributed by atoms with Crippen LogP contribution in [0.3, 0.4) is 0 Å². The fraction of sp³-hybridized carbons (Fsp3) is 0.250. The lowest BCUT2D eigenvalue weighted by atomic mass is 10.1. The molecule has 31 heavy (non-hydrogen) atoms. The van der Waals surface area contributed by atoms with Crippen LogP contribution in [0.2, 0.25) is 0 Å². The molecule has 1 heterocycles. The van der Waals surface area contributed by atoms with Crippen molar-refractivity contribution >= 4 is 23.7 Å². The highest BCUT2D eigenvalue weighted by Crippen LogP contribution is 2.24. The van der Waals surface area contributed by atoms with Gasteiger partial charge in [0.1, 0.15) is 0 Å². The fourth-order valence-electron chi connectivity index (χ4n) is 3.34. The van der Waals surface area contributed by atoms with Crippen LogP contribution in [0.4, 0.5) is 0 Å². The summed E-state index contributed by atoms with van der Waals surface area (Å²) in [5.41, 5.74) is 1.45. The molecule has 3 amide bonds. The molecule has 0 fully saturated rings. The van der Waals surface area contributed by atoms with Gasteiger partial charge in [-0.05, 0) is 37.6 Å². The second-order valence-electron chi connectivity index (χ2n) is 7.45. The summed E-state index contributed by atoms with van der Waals surface area (Å²) in [5.74, 6) is -1.97. The summed E-state index contributed by atoms with van der Waals surface area (Å²) < 4.78 is 5.20. The molecule has 0 spiro atoms. The van der Waals surface area contributed by atoms with Crippen molar-refractivity contribution in [1.29, 1.82) is 0 Å². The number of fused-ring (bicyclic) bond motifs is 1. The molecule has 0 bridgehead atoms. The molecule has 160 valence electrons. The van der Waals surface area contributed by atoms with E-state index in [4.69, 9.17) is 4.74 Å². The smallest absolute Gasteiger partial charge is 0.338 e. The Kier molecular flexibility index (Phi) is 6.65. The summed E-state index contributed by atoms with van der Waals surface area (Å²) in [5, 5.41) is 0. The van der Waals surface area contributed by atoms with Crippen molar-refractivity contribution in [2.45, 2.75) is 26.4 Å². The molecule has 7 nitrogen and oxygen atoms in total. The molecule has 0 saturated heterocycles. The van der Waals surface area contributed by atoms with E-state index in [-0.39, 0.29) is 35.2 Å². The van der Waals surface area contributed by atoms with Gasteiger partial charge in [-0.15, -0.1) is 6.58 Å². The first-order valence-corrected chi connectivity index (χ1v) is 9.95. The molecule has 0 unspecified atom stereocenters. The van der Waals surface area contributed by atoms with Crippen LogP contribution in [0.15, 0.2) is 61.2 Å². The van der Waals surface area contributed by atoms with E-state index < -0.39 is 24.4 Å². The molecular weight excluding hydrogens is 396 g/mol. The second kappa shape index (κ2) is 9.38. The van der Waals surface area contributed by atoms with Crippen molar-refractivity contribution in [3.8, 4) is 0 Å². The Morgan fingerprint density at radius 2 is 1.74 bits per heavy atom. The van der Waals surface area contributed by atoms with Crippen LogP contribution in [0, 0.1) is 0 Å². The zero-order valence-corrected chi connectivity index (χ0v) is 17.5. The Morgan fingerprint density at radius 3 is 2.39 bits per heavy atom. The predicted molar refractivity (Wildman–Crippen MR) is 114 cm³/mol. The lowest BCUT2D eigenvalue weighted by Crippen LogP contribution is -2.39. The molecule has 1 aliphatic heterocycles. The van der Waals surface area contributed by atoms with Gasteiger partial charge in [0, 0.05) is 19.1 Å². The van der Waals surface area contributed by atoms with Gasteiger partial charge in [0.2, 0.25) is 0 Å². The number of benzene rings is 2. The largest absolute Gasteiger partial charge is 0.452 e. The standard InChI is InChI=1S/C24H24N2O5/c1-4-12-25-22(28)19-11-10-18(13-20(19)23(25)29)24(30)31-15-21(27)26(16(2)3)14-17-8-6-5-7-9-17/h4-11,13,16H,1,12,14-15H2,2-3H3. The molecular formula is C24H24N2O5. The van der Waals surface area contributed by atoms with Gasteiger partial charge < -0.3 is 9.64 Å². The molecule has 0 aliphatic carbocycles. The van der Waals surface area contributed by atoms with Gasteiger partial charge in [-0.1, -0.05) is 36.4 Å². The third-order valence-electron chi connectivity index (χ3n) is 4.98. The number of nitrogens with zero attached hydrogens (tertiary/aromatic N) is 2. The molecule has 2 aromatic rings. The molecule has 0 aromatic heterocycles. The zero-order chi connectivity index (χ0) is 22.5. The maximum atomic E-state index is 12.7. The van der Waals surface area contributed by atoms with E-state index in [1.165, 1.54) is 24.3 Å². The summed E-state index contributed by atoms with van der Waals surface area (Å²) >= 11 is 0. The van der Waals surface area contributed by atoms with E-state index >= 15 is 0 Å². The van der Waals surface area contributed by atoms with E-state index in [2.05, 4.69) is 6.58 Å². The number of carbonyl (C=O) groups is 4. The molecule has 0 atom stereocenters. The predicted octanol–water partition coefficient (Wildman–Crippen LogP) is 3.06. The number of hydrogen-bond acceptors (Lipinski definition) is 5. The van der Waals surface area contributed by atoms with Crippen LogP contribution in [-0.4, -0.2) is 52.7 Å². The van der Waals surface area contributed by atoms with Crippen molar-refractivity contribution in [2.75, 3.05) is 13.2 Å². The average Bonchev–Trinajstić information content (AvgIpc) is 3.00. The number of ether oxygens (including phenoxy) is 1. The third-order valence-corrected chi connectivity index (χ3v) is 4.98. The van der Waals surface area contributed by atoms with Gasteiger partial charge in [0.15, 0.2) is 6.61 Å². The van der Waals surface area contributed by atoms with E-state index in [0.29, 0.717) is 6.54 Å². The van der Waals surface area contributed by atoms with Gasteiger partial charge in [0.25, 0.3) is 17.7 Å². The number of imide groups is 1. The SMILES string of the molecule is C=CCN1C(=O)c2ccc(C(=O)OCC(=O)N(Cc3ccccc3)C(C)C)cc2C1=O. The lowest BCUT2D eigenvalue weighted by Gasteiger charge is -2.26. The van der Waals surface area contributed by atoms with Crippen LogP contribution >= 0.6 is 0 Å². The average molecular weight is 420 g/mol. The maximum Gasteiger partial charge on any atom is 0.338 e. The topological polar surface area (TPSA) is 84.0 Å². The third kappa shape index (κ3) is 4.71. The van der Waals surface area contributed by atoms with Crippen molar-refractivity contribution in [2.24, 2.45) is 0 Å². The van der Waals surface area contributed by atoms with Crippen LogP contribution in [-0.2, 0) is 16.1 Å². The van der Waals surface area contributed by atoms with E-state index in [0.717, 1.165) is 10.5 Å². The minimum atomic E-state index is -0.734. The van der Waals surface area contributed by atoms with Crippen LogP contribution in [0.1, 0.15) is 50.5 Å². The zero-order valence-electron chi connectivity index (χ0n) is 17.5. The molecule has 0 N–H and O–H groups in total. The van der Waals surface area contributed by atoms with E-state index in [9.17, 15) is 19.2 Å². The molecule has 0 radical (unpaired) electrons. The summed E-state index contributed by atoms with van der Waals surface area (Å²) in [4.78, 5) is 52.5. The monoisotopic (exact) mass is 420 g/mol. The number of esters is 1. The minimum Gasteiger partial charge on any atom is -0.452 e. The fourth-order valence-corrected chi connectivity index (χ4v) is 3.34. The molecule has 3 rings (SSSR count). The number of rotatable bonds is 8. The van der Waals surface area contributed by atoms with Crippen molar-refractivity contribution in [3.05, 3.63) is 83.4 Å². The van der Waals surface area contributed by atoms with Crippen molar-refractivity contribution in [3.63, 3.8) is 0 Å². The van der Waals surface area contributed by atoms with E-state index in [1.54, 1.807) is 4.90 Å². The first kappa shape index (κ1) is 22.0. The summed E-state index contributed by atoms with van der Waals surface area (Å²) in [6.45, 7) is 7.39. The highest BCUT2D eigenvalue weighted by Gasteiger charge is 2.35. The Labute approximate surface area is 180 Å². The van der Waals surface area contributed by atoms with E-state index in [1.807, 2.05) is 44.2 Å². The molecule has 0 saturated carbocycles. The molecule has 7 heteroatoms. The summed E-state index contributed by atoms with van der Waals surface area (Å²) in [6, 6.07) is 13.6. The van der Waals surface area contributed by atoms with Crippen LogP contribution in [0.5, 0.6) is 0 Å². The number of amides is 3. The van der Waals surface area contributed by atoms with Crippen molar-refractivity contribution < 1.29 is 23.9 Å². The van der Waals surface area contributed by atoms with Crippen LogP contribution < -0.4 is 0 Å². The summed E-state index contributed by atoms with van der Waals surface area (Å²) in [7, 11) is 0. The lowest BCUT2D eigenvalue weighted by molar-refractivity contribution is -0.136. The highest BCUT2D eigenvalue weighted by atomic mass is 16.5. The van der Waals surface area contributed by atoms with Gasteiger partial charge in [-0.3, -0.25) is 19.3 Å². The van der Waals surface area contributed by atoms with Crippen molar-refractivity contribution in [1.82, 2.24) is 9.80 Å². The first-order chi connectivity index (χ1) is 14.8. The highest BCUT2D eigenvalue weighted by molar-refractivity contribution is 6.22. The Balaban J connectivity index is 1.67. The molecule has 1 aliphatic rings. The first-order valence-electron chi connectivity index (χ1n) is 9.95. The van der Waals surface area contributed by atoms with Crippen LogP contribution in [0.25, 0.3) is 0 Å². The summed E-state index contributed by atoms with van der Waals surface area (Å²) in [6.07, 6.45) is 1.46. The normalized spacial score (nSPS) is 12.7. The van der Waals surface area contributed by atoms with Gasteiger partial charge in [-0.2, -0.15) is 0 Å². The van der Waals surface area contributed by atoms with Gasteiger partial charge >= 0.3 is 5.97 Å².